The number of carbonyl (C=O) groups excluding carboxylic acids is 1. The molecule has 1 aliphatic rings. The number of hydrogen-bond acceptors (Lipinski definition) is 3. The van der Waals surface area contributed by atoms with Gasteiger partial charge in [0.2, 0.25) is 15.9 Å². The van der Waals surface area contributed by atoms with Gasteiger partial charge in [0.05, 0.1) is 11.3 Å². The predicted octanol–water partition coefficient (Wildman–Crippen LogP) is 4.63. The van der Waals surface area contributed by atoms with Crippen LogP contribution >= 0.6 is 0 Å². The van der Waals surface area contributed by atoms with E-state index in [4.69, 9.17) is 0 Å². The molecule has 5 nitrogen and oxygen atoms in total. The Kier molecular flexibility index (Phi) is 6.16. The van der Waals surface area contributed by atoms with Crippen molar-refractivity contribution in [2.45, 2.75) is 49.5 Å². The Hall–Kier alpha value is -2.70. The quantitative estimate of drug-likeness (QED) is 0.608. The summed E-state index contributed by atoms with van der Waals surface area (Å²) in [5.74, 6) is -0.137. The van der Waals surface area contributed by atoms with Gasteiger partial charge >= 0.3 is 0 Å². The van der Waals surface area contributed by atoms with Gasteiger partial charge in [-0.15, -0.1) is 0 Å². The summed E-state index contributed by atoms with van der Waals surface area (Å²) in [5, 5.41) is 5.02. The van der Waals surface area contributed by atoms with Crippen LogP contribution in [-0.4, -0.2) is 20.4 Å². The number of benzene rings is 3. The normalized spacial score (nSPS) is 15.2. The molecule has 1 fully saturated rings. The molecule has 0 saturated heterocycles. The van der Waals surface area contributed by atoms with Gasteiger partial charge < -0.3 is 5.32 Å². The number of anilines is 1. The van der Waals surface area contributed by atoms with Crippen molar-refractivity contribution in [3.8, 4) is 0 Å². The molecule has 0 bridgehead atoms. The largest absolute Gasteiger partial charge is 0.326 e. The summed E-state index contributed by atoms with van der Waals surface area (Å²) in [6.45, 7) is 0. The van der Waals surface area contributed by atoms with E-state index in [0.29, 0.717) is 5.69 Å². The number of fused-ring (bicyclic) bond motifs is 1. The van der Waals surface area contributed by atoms with E-state index in [1.807, 2.05) is 42.5 Å². The first-order chi connectivity index (χ1) is 14.5. The number of hydrogen-bond donors (Lipinski definition) is 2. The van der Waals surface area contributed by atoms with E-state index in [1.165, 1.54) is 6.42 Å². The zero-order chi connectivity index (χ0) is 21.0. The van der Waals surface area contributed by atoms with Crippen LogP contribution in [0.4, 0.5) is 5.69 Å². The van der Waals surface area contributed by atoms with Gasteiger partial charge in [-0.2, -0.15) is 0 Å². The molecule has 4 rings (SSSR count). The fourth-order valence-corrected chi connectivity index (χ4v) is 5.36. The summed E-state index contributed by atoms with van der Waals surface area (Å²) in [6, 6.07) is 20.3. The zero-order valence-corrected chi connectivity index (χ0v) is 17.6. The van der Waals surface area contributed by atoms with Crippen molar-refractivity contribution in [1.82, 2.24) is 4.72 Å². The van der Waals surface area contributed by atoms with E-state index in [0.717, 1.165) is 42.0 Å². The van der Waals surface area contributed by atoms with Crippen LogP contribution in [0.15, 0.2) is 71.6 Å². The monoisotopic (exact) mass is 422 g/mol. The van der Waals surface area contributed by atoms with Crippen molar-refractivity contribution >= 4 is 32.4 Å². The minimum atomic E-state index is -3.54. The fraction of sp³-hybridized carbons (Fsp3) is 0.292. The second-order valence-corrected chi connectivity index (χ2v) is 9.56. The van der Waals surface area contributed by atoms with Crippen molar-refractivity contribution in [2.75, 3.05) is 5.32 Å². The van der Waals surface area contributed by atoms with Gasteiger partial charge in [0, 0.05) is 11.7 Å². The molecule has 1 amide bonds. The molecular weight excluding hydrogens is 396 g/mol. The third-order valence-electron chi connectivity index (χ3n) is 5.61. The lowest BCUT2D eigenvalue weighted by Gasteiger charge is -2.22. The summed E-state index contributed by atoms with van der Waals surface area (Å²) < 4.78 is 28.0. The molecular formula is C24H26N2O3S. The van der Waals surface area contributed by atoms with Crippen molar-refractivity contribution in [1.29, 1.82) is 0 Å². The van der Waals surface area contributed by atoms with Gasteiger partial charge in [-0.3, -0.25) is 4.79 Å². The maximum atomic E-state index is 12.6. The Bertz CT molecular complexity index is 1130. The molecule has 1 aliphatic carbocycles. The highest BCUT2D eigenvalue weighted by Gasteiger charge is 2.21. The molecule has 2 N–H and O–H groups in total. The smallest absolute Gasteiger partial charge is 0.240 e. The van der Waals surface area contributed by atoms with E-state index in [1.54, 1.807) is 24.3 Å². The minimum Gasteiger partial charge on any atom is -0.326 e. The number of amides is 1. The maximum Gasteiger partial charge on any atom is 0.240 e. The van der Waals surface area contributed by atoms with E-state index in [-0.39, 0.29) is 23.3 Å². The molecule has 0 heterocycles. The van der Waals surface area contributed by atoms with Crippen LogP contribution in [0.2, 0.25) is 0 Å². The van der Waals surface area contributed by atoms with Gasteiger partial charge in [0.25, 0.3) is 0 Å². The fourth-order valence-electron chi connectivity index (χ4n) is 4.05. The van der Waals surface area contributed by atoms with Gasteiger partial charge in [-0.05, 0) is 53.4 Å². The highest BCUT2D eigenvalue weighted by atomic mass is 32.2. The molecule has 3 aromatic rings. The molecule has 3 aromatic carbocycles. The molecule has 1 saturated carbocycles. The summed E-state index contributed by atoms with van der Waals surface area (Å²) in [6.07, 6.45) is 5.34. The molecule has 6 heteroatoms. The van der Waals surface area contributed by atoms with Gasteiger partial charge in [-0.25, -0.2) is 13.1 Å². The zero-order valence-electron chi connectivity index (χ0n) is 16.8. The van der Waals surface area contributed by atoms with Crippen LogP contribution in [-0.2, 0) is 21.2 Å². The Morgan fingerprint density at radius 1 is 0.867 bits per heavy atom. The first-order valence-electron chi connectivity index (χ1n) is 10.4. The van der Waals surface area contributed by atoms with Crippen LogP contribution < -0.4 is 10.0 Å². The first kappa shape index (κ1) is 20.6. The number of sulfonamides is 1. The van der Waals surface area contributed by atoms with Crippen molar-refractivity contribution in [2.24, 2.45) is 0 Å². The van der Waals surface area contributed by atoms with Crippen LogP contribution in [0, 0.1) is 0 Å². The van der Waals surface area contributed by atoms with Gasteiger partial charge in [0.1, 0.15) is 0 Å². The van der Waals surface area contributed by atoms with E-state index in [9.17, 15) is 13.2 Å². The molecule has 0 radical (unpaired) electrons. The van der Waals surface area contributed by atoms with Crippen LogP contribution in [0.3, 0.4) is 0 Å². The molecule has 0 atom stereocenters. The Morgan fingerprint density at radius 2 is 1.57 bits per heavy atom. The third kappa shape index (κ3) is 4.89. The second-order valence-electron chi connectivity index (χ2n) is 7.84. The number of carbonyl (C=O) groups is 1. The molecule has 0 aromatic heterocycles. The average molecular weight is 423 g/mol. The Balaban J connectivity index is 1.41. The summed E-state index contributed by atoms with van der Waals surface area (Å²) in [4.78, 5) is 12.8. The third-order valence-corrected chi connectivity index (χ3v) is 7.14. The second kappa shape index (κ2) is 8.98. The summed E-state index contributed by atoms with van der Waals surface area (Å²) in [7, 11) is -3.54. The molecule has 156 valence electrons. The molecule has 0 spiro atoms. The molecule has 0 unspecified atom stereocenters. The van der Waals surface area contributed by atoms with E-state index < -0.39 is 10.0 Å². The van der Waals surface area contributed by atoms with Gasteiger partial charge in [-0.1, -0.05) is 61.7 Å². The lowest BCUT2D eigenvalue weighted by Crippen LogP contribution is -2.36. The maximum absolute atomic E-state index is 12.6. The highest BCUT2D eigenvalue weighted by molar-refractivity contribution is 7.89. The van der Waals surface area contributed by atoms with Crippen LogP contribution in [0.5, 0.6) is 0 Å². The van der Waals surface area contributed by atoms with E-state index in [2.05, 4.69) is 10.0 Å². The predicted molar refractivity (Wildman–Crippen MR) is 120 cm³/mol. The molecule has 30 heavy (non-hydrogen) atoms. The lowest BCUT2D eigenvalue weighted by atomic mass is 9.96. The van der Waals surface area contributed by atoms with Gasteiger partial charge in [0.15, 0.2) is 0 Å². The summed E-state index contributed by atoms with van der Waals surface area (Å²) >= 11 is 0. The topological polar surface area (TPSA) is 75.3 Å². The van der Waals surface area contributed by atoms with E-state index >= 15 is 0 Å². The minimum absolute atomic E-state index is 0.0174. The standard InChI is InChI=1S/C24H26N2O3S/c27-24(17-19-9-6-8-18-7-4-5-12-23(18)19)25-20-13-15-22(16-14-20)30(28,29)26-21-10-2-1-3-11-21/h4-9,12-16,21,26H,1-3,10-11,17H2,(H,25,27). The molecule has 0 aliphatic heterocycles. The SMILES string of the molecule is O=C(Cc1cccc2ccccc12)Nc1ccc(S(=O)(=O)NC2CCCCC2)cc1. The van der Waals surface area contributed by atoms with Crippen LogP contribution in [0.25, 0.3) is 10.8 Å². The first-order valence-corrected chi connectivity index (χ1v) is 11.9. The number of nitrogens with one attached hydrogen (secondary N) is 2. The van der Waals surface area contributed by atoms with Crippen LogP contribution in [0.1, 0.15) is 37.7 Å². The Labute approximate surface area is 177 Å². The van der Waals surface area contributed by atoms with Crippen molar-refractivity contribution in [3.63, 3.8) is 0 Å². The average Bonchev–Trinajstić information content (AvgIpc) is 2.75. The number of rotatable bonds is 6. The lowest BCUT2D eigenvalue weighted by molar-refractivity contribution is -0.115. The Morgan fingerprint density at radius 3 is 2.33 bits per heavy atom. The summed E-state index contributed by atoms with van der Waals surface area (Å²) in [5.41, 5.74) is 1.54. The van der Waals surface area contributed by atoms with Crippen molar-refractivity contribution < 1.29 is 13.2 Å². The van der Waals surface area contributed by atoms with Crippen molar-refractivity contribution in [3.05, 3.63) is 72.3 Å². The highest BCUT2D eigenvalue weighted by Crippen LogP contribution is 2.22.